The molecule has 8 heteroatoms. The quantitative estimate of drug-likeness (QED) is 0.274. The Balaban J connectivity index is 1.60. The molecule has 3 aromatic rings. The van der Waals surface area contributed by atoms with Crippen molar-refractivity contribution in [2.24, 2.45) is 0 Å². The van der Waals surface area contributed by atoms with Crippen LogP contribution in [0, 0.1) is 11.3 Å². The number of aliphatic hydroxyl groups excluding tert-OH is 1. The Morgan fingerprint density at radius 2 is 1.79 bits per heavy atom. The molecule has 0 saturated heterocycles. The molecule has 1 aromatic heterocycles. The largest absolute Gasteiger partial charge is 0.510 e. The Bertz CT molecular complexity index is 1010. The summed E-state index contributed by atoms with van der Waals surface area (Å²) in [5, 5.41) is 30.1. The van der Waals surface area contributed by atoms with Crippen LogP contribution in [0.15, 0.2) is 81.6 Å². The second-order valence-corrected chi connectivity index (χ2v) is 6.56. The Morgan fingerprint density at radius 1 is 1.11 bits per heavy atom. The Kier molecular flexibility index (Phi) is 6.44. The summed E-state index contributed by atoms with van der Waals surface area (Å²) in [6.45, 7) is 0.259. The van der Waals surface area contributed by atoms with Crippen molar-refractivity contribution in [2.75, 3.05) is 5.75 Å². The van der Waals surface area contributed by atoms with Gasteiger partial charge in [0, 0.05) is 12.1 Å². The van der Waals surface area contributed by atoms with E-state index in [1.165, 1.54) is 0 Å². The van der Waals surface area contributed by atoms with Gasteiger partial charge in [-0.3, -0.25) is 4.79 Å². The van der Waals surface area contributed by atoms with Crippen LogP contribution in [0.5, 0.6) is 0 Å². The van der Waals surface area contributed by atoms with Gasteiger partial charge in [0.2, 0.25) is 5.89 Å². The number of nitriles is 1. The molecule has 2 N–H and O–H groups in total. The highest BCUT2D eigenvalue weighted by atomic mass is 32.2. The summed E-state index contributed by atoms with van der Waals surface area (Å²) >= 11 is 1.04. The van der Waals surface area contributed by atoms with Crippen molar-refractivity contribution in [3.63, 3.8) is 0 Å². The maximum absolute atomic E-state index is 12.2. The maximum Gasteiger partial charge on any atom is 0.277 e. The van der Waals surface area contributed by atoms with E-state index in [4.69, 9.17) is 4.42 Å². The number of aromatic nitrogens is 2. The van der Waals surface area contributed by atoms with Crippen LogP contribution in [-0.2, 0) is 11.3 Å². The average Bonchev–Trinajstić information content (AvgIpc) is 3.22. The van der Waals surface area contributed by atoms with Gasteiger partial charge in [-0.2, -0.15) is 5.26 Å². The van der Waals surface area contributed by atoms with Crippen molar-refractivity contribution in [1.29, 1.82) is 5.26 Å². The molecule has 28 heavy (non-hydrogen) atoms. The molecule has 140 valence electrons. The minimum atomic E-state index is -0.639. The van der Waals surface area contributed by atoms with E-state index in [0.717, 1.165) is 22.9 Å². The summed E-state index contributed by atoms with van der Waals surface area (Å²) in [5.41, 5.74) is 1.33. The van der Waals surface area contributed by atoms with Gasteiger partial charge < -0.3 is 14.8 Å². The summed E-state index contributed by atoms with van der Waals surface area (Å²) in [7, 11) is 0. The van der Waals surface area contributed by atoms with E-state index in [1.54, 1.807) is 6.07 Å². The lowest BCUT2D eigenvalue weighted by Gasteiger charge is -2.06. The number of hydrogen-bond donors (Lipinski definition) is 2. The van der Waals surface area contributed by atoms with Gasteiger partial charge >= 0.3 is 0 Å². The Hall–Kier alpha value is -3.57. The fraction of sp³-hybridized carbons (Fsp3) is 0.100. The second-order valence-electron chi connectivity index (χ2n) is 5.63. The van der Waals surface area contributed by atoms with Crippen LogP contribution in [0.1, 0.15) is 5.56 Å². The molecule has 1 heterocycles. The Morgan fingerprint density at radius 3 is 2.46 bits per heavy atom. The van der Waals surface area contributed by atoms with Gasteiger partial charge in [0.1, 0.15) is 11.8 Å². The molecule has 2 aromatic carbocycles. The van der Waals surface area contributed by atoms with Crippen LogP contribution in [0.3, 0.4) is 0 Å². The van der Waals surface area contributed by atoms with Gasteiger partial charge in [-0.25, -0.2) is 0 Å². The van der Waals surface area contributed by atoms with Crippen molar-refractivity contribution in [1.82, 2.24) is 15.5 Å². The van der Waals surface area contributed by atoms with E-state index >= 15 is 0 Å². The lowest BCUT2D eigenvalue weighted by molar-refractivity contribution is -0.117. The number of rotatable bonds is 7. The molecule has 0 saturated carbocycles. The van der Waals surface area contributed by atoms with Crippen LogP contribution >= 0.6 is 11.8 Å². The third-order valence-corrected chi connectivity index (χ3v) is 4.51. The summed E-state index contributed by atoms with van der Waals surface area (Å²) in [6.07, 6.45) is 0. The number of nitrogens with one attached hydrogen (secondary N) is 1. The van der Waals surface area contributed by atoms with Crippen LogP contribution in [0.25, 0.3) is 11.5 Å². The van der Waals surface area contributed by atoms with Crippen LogP contribution in [0.4, 0.5) is 0 Å². The molecule has 0 spiro atoms. The predicted molar refractivity (Wildman–Crippen MR) is 104 cm³/mol. The van der Waals surface area contributed by atoms with Gasteiger partial charge in [0.05, 0.1) is 5.75 Å². The average molecular weight is 392 g/mol. The van der Waals surface area contributed by atoms with E-state index in [2.05, 4.69) is 15.5 Å². The van der Waals surface area contributed by atoms with Crippen LogP contribution in [-0.4, -0.2) is 27.0 Å². The van der Waals surface area contributed by atoms with Crippen molar-refractivity contribution in [3.05, 3.63) is 77.6 Å². The SMILES string of the molecule is N#CC(C(=O)NCc1ccccc1)=C(O)CSc1nnc(-c2ccccc2)o1. The standard InChI is InChI=1S/C20H16N4O3S/c21-11-16(18(26)22-12-14-7-3-1-4-8-14)17(25)13-28-20-24-23-19(27-20)15-9-5-2-6-10-15/h1-10,25H,12-13H2,(H,22,26). The minimum Gasteiger partial charge on any atom is -0.510 e. The van der Waals surface area contributed by atoms with Crippen LogP contribution in [0.2, 0.25) is 0 Å². The first-order valence-electron chi connectivity index (χ1n) is 8.33. The molecule has 1 amide bonds. The van der Waals surface area contributed by atoms with E-state index < -0.39 is 5.91 Å². The number of aliphatic hydroxyl groups is 1. The first kappa shape index (κ1) is 19.2. The highest BCUT2D eigenvalue weighted by Gasteiger charge is 2.17. The fourth-order valence-electron chi connectivity index (χ4n) is 2.28. The highest BCUT2D eigenvalue weighted by Crippen LogP contribution is 2.24. The zero-order valence-electron chi connectivity index (χ0n) is 14.7. The number of carbonyl (C=O) groups is 1. The van der Waals surface area contributed by atoms with Crippen LogP contribution < -0.4 is 5.32 Å². The number of carbonyl (C=O) groups excluding carboxylic acids is 1. The number of nitrogens with zero attached hydrogens (tertiary/aromatic N) is 3. The fourth-order valence-corrected chi connectivity index (χ4v) is 2.92. The van der Waals surface area contributed by atoms with Crippen molar-refractivity contribution in [2.45, 2.75) is 11.8 Å². The van der Waals surface area contributed by atoms with Crippen molar-refractivity contribution < 1.29 is 14.3 Å². The molecule has 0 unspecified atom stereocenters. The zero-order chi connectivity index (χ0) is 19.8. The molecular formula is C20H16N4O3S. The van der Waals surface area contributed by atoms with E-state index in [-0.39, 0.29) is 28.9 Å². The minimum absolute atomic E-state index is 0.0436. The predicted octanol–water partition coefficient (Wildman–Crippen LogP) is 3.48. The zero-order valence-corrected chi connectivity index (χ0v) is 15.5. The number of hydrogen-bond acceptors (Lipinski definition) is 7. The number of benzene rings is 2. The van der Waals surface area contributed by atoms with Gasteiger partial charge in [-0.15, -0.1) is 10.2 Å². The monoisotopic (exact) mass is 392 g/mol. The Labute approximate surface area is 165 Å². The first-order chi connectivity index (χ1) is 13.7. The molecule has 0 aliphatic carbocycles. The van der Waals surface area contributed by atoms with E-state index in [9.17, 15) is 15.2 Å². The molecule has 7 nitrogen and oxygen atoms in total. The van der Waals surface area contributed by atoms with E-state index in [1.807, 2.05) is 60.7 Å². The maximum atomic E-state index is 12.2. The normalized spacial score (nSPS) is 11.4. The summed E-state index contributed by atoms with van der Waals surface area (Å²) in [4.78, 5) is 12.2. The third-order valence-electron chi connectivity index (χ3n) is 3.68. The van der Waals surface area contributed by atoms with E-state index in [0.29, 0.717) is 5.89 Å². The third kappa shape index (κ3) is 4.99. The molecule has 0 bridgehead atoms. The van der Waals surface area contributed by atoms with Crippen molar-refractivity contribution in [3.8, 4) is 17.5 Å². The lowest BCUT2D eigenvalue weighted by Crippen LogP contribution is -2.25. The molecule has 0 atom stereocenters. The van der Waals surface area contributed by atoms with Gasteiger partial charge in [-0.05, 0) is 17.7 Å². The molecular weight excluding hydrogens is 376 g/mol. The molecule has 0 radical (unpaired) electrons. The molecule has 0 aliphatic rings. The molecule has 0 fully saturated rings. The van der Waals surface area contributed by atoms with Gasteiger partial charge in [0.25, 0.3) is 11.1 Å². The van der Waals surface area contributed by atoms with Crippen molar-refractivity contribution >= 4 is 17.7 Å². The van der Waals surface area contributed by atoms with Gasteiger partial charge in [-0.1, -0.05) is 60.3 Å². The second kappa shape index (κ2) is 9.39. The van der Waals surface area contributed by atoms with Gasteiger partial charge in [0.15, 0.2) is 5.57 Å². The summed E-state index contributed by atoms with van der Waals surface area (Å²) < 4.78 is 5.52. The topological polar surface area (TPSA) is 112 Å². The summed E-state index contributed by atoms with van der Waals surface area (Å²) in [6, 6.07) is 20.3. The highest BCUT2D eigenvalue weighted by molar-refractivity contribution is 7.99. The molecule has 3 rings (SSSR count). The lowest BCUT2D eigenvalue weighted by atomic mass is 10.2. The first-order valence-corrected chi connectivity index (χ1v) is 9.32. The molecule has 0 aliphatic heterocycles. The summed E-state index contributed by atoms with van der Waals surface area (Å²) in [5.74, 6) is -0.678. The smallest absolute Gasteiger partial charge is 0.277 e. The number of amides is 1. The number of thioether (sulfide) groups is 1.